The van der Waals surface area contributed by atoms with E-state index >= 15 is 0 Å². The maximum absolute atomic E-state index is 13.8. The molecule has 0 spiro atoms. The lowest BCUT2D eigenvalue weighted by molar-refractivity contribution is -0.196. The predicted molar refractivity (Wildman–Crippen MR) is 122 cm³/mol. The molecular weight excluding hydrogens is 456 g/mol. The smallest absolute Gasteiger partial charge is 0.235 e. The predicted octanol–water partition coefficient (Wildman–Crippen LogP) is -0.478. The zero-order valence-corrected chi connectivity index (χ0v) is 20.2. The number of hydrogen-bond acceptors (Lipinski definition) is 9. The molecule has 10 nitrogen and oxygen atoms in total. The molecule has 1 amide bonds. The standard InChI is InChI=1S/C25H30N2O8/c1-8(2)10-6-7-11(28)14-12(10)9(3)13-15(19(14)29)22(32)25(35)17(20(13)30)18(27(4)5)21(31)16(23(25)33)24(26)34/h6-9,13,15-18,20,28,30,35H,1-5H3,(H2,26,34)/t9-,13+,15?,16?,17+,18-,20-,25-/m1/s1. The van der Waals surface area contributed by atoms with Crippen molar-refractivity contribution in [2.45, 2.75) is 50.4 Å². The molecule has 0 heterocycles. The van der Waals surface area contributed by atoms with Crippen molar-refractivity contribution in [3.8, 4) is 5.75 Å². The van der Waals surface area contributed by atoms with Gasteiger partial charge in [0.05, 0.1) is 29.5 Å². The molecule has 0 saturated heterocycles. The number of aliphatic hydroxyl groups excluding tert-OH is 1. The average Bonchev–Trinajstić information content (AvgIpc) is 2.75. The minimum Gasteiger partial charge on any atom is -0.507 e. The number of aromatic hydroxyl groups is 1. The molecule has 2 saturated carbocycles. The molecule has 2 unspecified atom stereocenters. The zero-order chi connectivity index (χ0) is 26.3. The van der Waals surface area contributed by atoms with Crippen LogP contribution in [0.25, 0.3) is 0 Å². The van der Waals surface area contributed by atoms with Gasteiger partial charge in [0.15, 0.2) is 34.7 Å². The van der Waals surface area contributed by atoms with Gasteiger partial charge in [-0.1, -0.05) is 26.8 Å². The van der Waals surface area contributed by atoms with Crippen molar-refractivity contribution >= 4 is 29.0 Å². The summed E-state index contributed by atoms with van der Waals surface area (Å²) in [5, 5.41) is 33.8. The number of phenolic OH excluding ortho intramolecular Hbond substituents is 1. The summed E-state index contributed by atoms with van der Waals surface area (Å²) in [5.74, 6) is -13.1. The number of amides is 1. The molecule has 35 heavy (non-hydrogen) atoms. The Labute approximate surface area is 202 Å². The lowest BCUT2D eigenvalue weighted by Gasteiger charge is -2.56. The number of primary amides is 1. The first kappa shape index (κ1) is 25.2. The van der Waals surface area contributed by atoms with E-state index < -0.39 is 76.4 Å². The number of rotatable bonds is 3. The van der Waals surface area contributed by atoms with Crippen LogP contribution < -0.4 is 5.73 Å². The number of nitrogens with two attached hydrogens (primary N) is 1. The Hall–Kier alpha value is -2.95. The molecule has 0 bridgehead atoms. The number of carbonyl (C=O) groups excluding carboxylic acids is 5. The number of phenols is 1. The van der Waals surface area contributed by atoms with Gasteiger partial charge in [0, 0.05) is 5.92 Å². The van der Waals surface area contributed by atoms with E-state index in [0.29, 0.717) is 5.56 Å². The molecule has 1 aromatic carbocycles. The third kappa shape index (κ3) is 3.09. The largest absolute Gasteiger partial charge is 0.507 e. The first-order valence-electron chi connectivity index (χ1n) is 11.6. The highest BCUT2D eigenvalue weighted by molar-refractivity contribution is 6.32. The Kier molecular flexibility index (Phi) is 5.78. The molecule has 10 heteroatoms. The molecule has 0 radical (unpaired) electrons. The monoisotopic (exact) mass is 486 g/mol. The summed E-state index contributed by atoms with van der Waals surface area (Å²) >= 11 is 0. The quantitative estimate of drug-likeness (QED) is 0.411. The fraction of sp³-hybridized carbons (Fsp3) is 0.560. The van der Waals surface area contributed by atoms with Crippen LogP contribution in [-0.4, -0.2) is 81.1 Å². The van der Waals surface area contributed by atoms with E-state index in [4.69, 9.17) is 5.73 Å². The normalized spacial score (nSPS) is 36.8. The van der Waals surface area contributed by atoms with Crippen molar-refractivity contribution < 1.29 is 39.3 Å². The van der Waals surface area contributed by atoms with Crippen LogP contribution in [0.15, 0.2) is 12.1 Å². The molecule has 3 aliphatic carbocycles. The van der Waals surface area contributed by atoms with Crippen molar-refractivity contribution in [1.82, 2.24) is 4.90 Å². The minimum absolute atomic E-state index is 0.0480. The van der Waals surface area contributed by atoms with Crippen molar-refractivity contribution in [3.05, 3.63) is 28.8 Å². The summed E-state index contributed by atoms with van der Waals surface area (Å²) in [6.07, 6.45) is -1.63. The number of likely N-dealkylation sites (N-methyl/N-ethyl adjacent to an activating group) is 1. The van der Waals surface area contributed by atoms with Crippen LogP contribution in [0.1, 0.15) is 54.1 Å². The molecule has 4 rings (SSSR count). The van der Waals surface area contributed by atoms with E-state index in [1.165, 1.54) is 25.1 Å². The Morgan fingerprint density at radius 1 is 1.11 bits per heavy atom. The molecule has 1 aromatic rings. The van der Waals surface area contributed by atoms with E-state index in [0.717, 1.165) is 5.56 Å². The molecule has 8 atom stereocenters. The average molecular weight is 487 g/mol. The van der Waals surface area contributed by atoms with Gasteiger partial charge in [-0.15, -0.1) is 0 Å². The molecule has 5 N–H and O–H groups in total. The maximum Gasteiger partial charge on any atom is 0.235 e. The zero-order valence-electron chi connectivity index (χ0n) is 20.2. The number of fused-ring (bicyclic) bond motifs is 3. The number of hydrogen-bond donors (Lipinski definition) is 4. The van der Waals surface area contributed by atoms with Crippen molar-refractivity contribution in [1.29, 1.82) is 0 Å². The minimum atomic E-state index is -2.98. The molecular formula is C25H30N2O8. The number of benzene rings is 1. The third-order valence-corrected chi connectivity index (χ3v) is 8.12. The topological polar surface area (TPSA) is 175 Å². The van der Waals surface area contributed by atoms with Gasteiger partial charge in [0.1, 0.15) is 5.75 Å². The van der Waals surface area contributed by atoms with Crippen molar-refractivity contribution in [2.75, 3.05) is 14.1 Å². The number of carbonyl (C=O) groups is 5. The first-order valence-corrected chi connectivity index (χ1v) is 11.6. The molecule has 3 aliphatic rings. The second-order valence-corrected chi connectivity index (χ2v) is 10.5. The van der Waals surface area contributed by atoms with Gasteiger partial charge < -0.3 is 21.1 Å². The maximum atomic E-state index is 13.8. The van der Waals surface area contributed by atoms with E-state index in [1.54, 1.807) is 13.0 Å². The molecule has 0 aromatic heterocycles. The summed E-state index contributed by atoms with van der Waals surface area (Å²) in [6, 6.07) is 1.66. The first-order chi connectivity index (χ1) is 16.2. The van der Waals surface area contributed by atoms with Crippen LogP contribution in [0, 0.1) is 23.7 Å². The second-order valence-electron chi connectivity index (χ2n) is 10.5. The van der Waals surface area contributed by atoms with Crippen LogP contribution in [0.3, 0.4) is 0 Å². The van der Waals surface area contributed by atoms with Gasteiger partial charge in [-0.25, -0.2) is 0 Å². The van der Waals surface area contributed by atoms with Crippen LogP contribution >= 0.6 is 0 Å². The SMILES string of the molecule is CC(C)c1ccc(O)c2c1[C@@H](C)[C@H]1C(C2=O)C(=O)[C@@]2(O)C(=O)C(C(N)=O)C(=O)[C@H](N(C)C)[C@H]2[C@@H]1O. The summed E-state index contributed by atoms with van der Waals surface area (Å²) in [7, 11) is 2.92. The summed E-state index contributed by atoms with van der Waals surface area (Å²) < 4.78 is 0. The Balaban J connectivity index is 1.99. The van der Waals surface area contributed by atoms with Crippen LogP contribution in [-0.2, 0) is 19.2 Å². The third-order valence-electron chi connectivity index (χ3n) is 8.12. The number of aliphatic hydroxyl groups is 2. The Morgan fingerprint density at radius 2 is 1.71 bits per heavy atom. The van der Waals surface area contributed by atoms with Crippen molar-refractivity contribution in [2.24, 2.45) is 29.4 Å². The highest BCUT2D eigenvalue weighted by Crippen LogP contribution is 2.55. The summed E-state index contributed by atoms with van der Waals surface area (Å²) in [5.41, 5.74) is 3.48. The van der Waals surface area contributed by atoms with Crippen LogP contribution in [0.2, 0.25) is 0 Å². The van der Waals surface area contributed by atoms with Gasteiger partial charge in [0.25, 0.3) is 0 Å². The van der Waals surface area contributed by atoms with Gasteiger partial charge in [-0.3, -0.25) is 28.9 Å². The molecule has 2 fully saturated rings. The van der Waals surface area contributed by atoms with E-state index in [9.17, 15) is 39.3 Å². The van der Waals surface area contributed by atoms with Gasteiger partial charge in [0.2, 0.25) is 5.91 Å². The highest BCUT2D eigenvalue weighted by Gasteiger charge is 2.73. The van der Waals surface area contributed by atoms with Crippen LogP contribution in [0.5, 0.6) is 5.75 Å². The summed E-state index contributed by atoms with van der Waals surface area (Å²) in [6.45, 7) is 5.52. The molecule has 0 aliphatic heterocycles. The van der Waals surface area contributed by atoms with Gasteiger partial charge in [-0.05, 0) is 43.1 Å². The van der Waals surface area contributed by atoms with Crippen molar-refractivity contribution in [3.63, 3.8) is 0 Å². The lowest BCUT2D eigenvalue weighted by Crippen LogP contribution is -2.77. The lowest BCUT2D eigenvalue weighted by atomic mass is 9.49. The van der Waals surface area contributed by atoms with E-state index in [1.807, 2.05) is 13.8 Å². The van der Waals surface area contributed by atoms with Gasteiger partial charge >= 0.3 is 0 Å². The van der Waals surface area contributed by atoms with Crippen LogP contribution in [0.4, 0.5) is 0 Å². The number of nitrogens with zero attached hydrogens (tertiary/aromatic N) is 1. The van der Waals surface area contributed by atoms with Gasteiger partial charge in [-0.2, -0.15) is 0 Å². The fourth-order valence-electron chi connectivity index (χ4n) is 6.61. The molecule has 188 valence electrons. The fourth-order valence-corrected chi connectivity index (χ4v) is 6.61. The Bertz CT molecular complexity index is 1170. The number of Topliss-reactive ketones (excluding diaryl/α,β-unsaturated/α-hetero) is 4. The van der Waals surface area contributed by atoms with E-state index in [-0.39, 0.29) is 17.2 Å². The Morgan fingerprint density at radius 3 is 2.23 bits per heavy atom. The van der Waals surface area contributed by atoms with E-state index in [2.05, 4.69) is 0 Å². The number of ketones is 4. The highest BCUT2D eigenvalue weighted by atomic mass is 16.3. The second kappa shape index (κ2) is 8.04. The summed E-state index contributed by atoms with van der Waals surface area (Å²) in [4.78, 5) is 67.3.